The number of halogens is 2. The zero-order valence-electron chi connectivity index (χ0n) is 12.9. The van der Waals surface area contributed by atoms with Crippen LogP contribution in [0.15, 0.2) is 12.7 Å². The summed E-state index contributed by atoms with van der Waals surface area (Å²) in [4.78, 5) is 0. The van der Waals surface area contributed by atoms with Crippen molar-refractivity contribution in [3.63, 3.8) is 0 Å². The quantitative estimate of drug-likeness (QED) is 0.553. The van der Waals surface area contributed by atoms with Gasteiger partial charge in [0, 0.05) is 0 Å². The molecule has 19 heavy (non-hydrogen) atoms. The summed E-state index contributed by atoms with van der Waals surface area (Å²) in [7, 11) is 0. The first-order chi connectivity index (χ1) is 8.88. The number of allylic oxidation sites excluding steroid dienone is 1. The van der Waals surface area contributed by atoms with Crippen LogP contribution in [-0.2, 0) is 0 Å². The molecule has 1 aliphatic rings. The van der Waals surface area contributed by atoms with Crippen molar-refractivity contribution < 1.29 is 8.78 Å². The Morgan fingerprint density at radius 1 is 1.11 bits per heavy atom. The van der Waals surface area contributed by atoms with Crippen LogP contribution in [-0.4, -0.2) is 12.3 Å². The molecule has 0 bridgehead atoms. The fourth-order valence-electron chi connectivity index (χ4n) is 3.21. The third kappa shape index (κ3) is 4.29. The molecule has 1 rings (SSSR count). The minimum atomic E-state index is -1.27. The van der Waals surface area contributed by atoms with E-state index in [2.05, 4.69) is 27.4 Å². The van der Waals surface area contributed by atoms with Crippen LogP contribution in [0.1, 0.15) is 53.4 Å². The number of alkyl halides is 2. The van der Waals surface area contributed by atoms with Crippen LogP contribution in [0.3, 0.4) is 0 Å². The second kappa shape index (κ2) is 7.40. The molecular formula is C17H30F2. The van der Waals surface area contributed by atoms with Crippen molar-refractivity contribution in [3.8, 4) is 0 Å². The van der Waals surface area contributed by atoms with E-state index in [0.29, 0.717) is 11.8 Å². The van der Waals surface area contributed by atoms with Gasteiger partial charge in [-0.1, -0.05) is 33.8 Å². The predicted octanol–water partition coefficient (Wildman–Crippen LogP) is 5.58. The van der Waals surface area contributed by atoms with E-state index in [1.54, 1.807) is 0 Å². The molecule has 0 heterocycles. The smallest absolute Gasteiger partial charge is 0.134 e. The van der Waals surface area contributed by atoms with E-state index in [1.165, 1.54) is 0 Å². The van der Waals surface area contributed by atoms with Crippen molar-refractivity contribution in [2.45, 2.75) is 65.7 Å². The Balaban J connectivity index is 2.51. The van der Waals surface area contributed by atoms with Crippen molar-refractivity contribution in [2.24, 2.45) is 29.6 Å². The van der Waals surface area contributed by atoms with Crippen LogP contribution in [0, 0.1) is 29.6 Å². The maximum atomic E-state index is 14.2. The molecule has 1 fully saturated rings. The molecule has 1 aliphatic carbocycles. The summed E-state index contributed by atoms with van der Waals surface area (Å²) in [6, 6.07) is 0. The Morgan fingerprint density at radius 2 is 1.74 bits per heavy atom. The normalized spacial score (nSPS) is 36.5. The van der Waals surface area contributed by atoms with Gasteiger partial charge in [-0.2, -0.15) is 0 Å². The van der Waals surface area contributed by atoms with E-state index in [-0.39, 0.29) is 17.8 Å². The highest BCUT2D eigenvalue weighted by atomic mass is 19.2. The third-order valence-electron chi connectivity index (χ3n) is 5.26. The zero-order chi connectivity index (χ0) is 14.6. The third-order valence-corrected chi connectivity index (χ3v) is 5.26. The average Bonchev–Trinajstić information content (AvgIpc) is 2.41. The molecule has 0 amide bonds. The molecule has 0 aromatic heterocycles. The van der Waals surface area contributed by atoms with Gasteiger partial charge in [0.25, 0.3) is 0 Å². The first-order valence-electron chi connectivity index (χ1n) is 7.79. The molecule has 2 heteroatoms. The standard InChI is InChI=1S/C17H30F2/c1-6-11(2)7-8-12(3)14(5)15-10-9-13(4)16(18)17(15)19/h6,11-17H,1,7-10H2,2-5H3. The number of rotatable bonds is 6. The van der Waals surface area contributed by atoms with Gasteiger partial charge in [0.15, 0.2) is 0 Å². The lowest BCUT2D eigenvalue weighted by Crippen LogP contribution is -2.41. The monoisotopic (exact) mass is 272 g/mol. The molecule has 0 saturated heterocycles. The molecule has 0 spiro atoms. The number of hydrogen-bond donors (Lipinski definition) is 0. The van der Waals surface area contributed by atoms with Gasteiger partial charge in [-0.05, 0) is 55.3 Å². The van der Waals surface area contributed by atoms with E-state index in [4.69, 9.17) is 0 Å². The molecule has 7 unspecified atom stereocenters. The highest BCUT2D eigenvalue weighted by Crippen LogP contribution is 2.40. The summed E-state index contributed by atoms with van der Waals surface area (Å²) in [6.07, 6.45) is 3.27. The Labute approximate surface area is 117 Å². The molecule has 0 aliphatic heterocycles. The fraction of sp³-hybridized carbons (Fsp3) is 0.882. The Morgan fingerprint density at radius 3 is 2.32 bits per heavy atom. The molecule has 0 N–H and O–H groups in total. The van der Waals surface area contributed by atoms with Gasteiger partial charge in [-0.15, -0.1) is 6.58 Å². The van der Waals surface area contributed by atoms with Gasteiger partial charge < -0.3 is 0 Å². The van der Waals surface area contributed by atoms with Gasteiger partial charge in [0.1, 0.15) is 12.3 Å². The van der Waals surface area contributed by atoms with Crippen LogP contribution in [0.4, 0.5) is 8.78 Å². The summed E-state index contributed by atoms with van der Waals surface area (Å²) in [6.45, 7) is 12.1. The van der Waals surface area contributed by atoms with Gasteiger partial charge in [-0.3, -0.25) is 0 Å². The maximum absolute atomic E-state index is 14.2. The van der Waals surface area contributed by atoms with E-state index in [0.717, 1.165) is 25.7 Å². The van der Waals surface area contributed by atoms with Crippen molar-refractivity contribution in [2.75, 3.05) is 0 Å². The maximum Gasteiger partial charge on any atom is 0.134 e. The first-order valence-corrected chi connectivity index (χ1v) is 7.79. The van der Waals surface area contributed by atoms with Crippen molar-refractivity contribution >= 4 is 0 Å². The van der Waals surface area contributed by atoms with Crippen LogP contribution < -0.4 is 0 Å². The Hall–Kier alpha value is -0.400. The van der Waals surface area contributed by atoms with E-state index < -0.39 is 12.3 Å². The largest absolute Gasteiger partial charge is 0.244 e. The molecule has 112 valence electrons. The van der Waals surface area contributed by atoms with Crippen molar-refractivity contribution in [1.29, 1.82) is 0 Å². The summed E-state index contributed by atoms with van der Waals surface area (Å²) in [5.41, 5.74) is 0. The predicted molar refractivity (Wildman–Crippen MR) is 78.6 cm³/mol. The van der Waals surface area contributed by atoms with Gasteiger partial charge in [0.05, 0.1) is 0 Å². The van der Waals surface area contributed by atoms with E-state index >= 15 is 0 Å². The van der Waals surface area contributed by atoms with E-state index in [1.807, 2.05) is 13.0 Å². The molecule has 0 aromatic carbocycles. The second-order valence-corrected chi connectivity index (χ2v) is 6.73. The van der Waals surface area contributed by atoms with Crippen LogP contribution in [0.5, 0.6) is 0 Å². The Kier molecular flexibility index (Phi) is 6.49. The van der Waals surface area contributed by atoms with Gasteiger partial charge in [0.2, 0.25) is 0 Å². The minimum absolute atomic E-state index is 0.0970. The summed E-state index contributed by atoms with van der Waals surface area (Å²) >= 11 is 0. The topological polar surface area (TPSA) is 0 Å². The van der Waals surface area contributed by atoms with Crippen molar-refractivity contribution in [3.05, 3.63) is 12.7 Å². The van der Waals surface area contributed by atoms with Crippen LogP contribution >= 0.6 is 0 Å². The van der Waals surface area contributed by atoms with Crippen molar-refractivity contribution in [1.82, 2.24) is 0 Å². The van der Waals surface area contributed by atoms with Crippen LogP contribution in [0.2, 0.25) is 0 Å². The number of hydrogen-bond acceptors (Lipinski definition) is 0. The highest BCUT2D eigenvalue weighted by Gasteiger charge is 2.41. The molecular weight excluding hydrogens is 242 g/mol. The highest BCUT2D eigenvalue weighted by molar-refractivity contribution is 4.90. The fourth-order valence-corrected chi connectivity index (χ4v) is 3.21. The summed E-state index contributed by atoms with van der Waals surface area (Å²) in [5.74, 6) is 1.01. The lowest BCUT2D eigenvalue weighted by atomic mass is 9.70. The van der Waals surface area contributed by atoms with Gasteiger partial charge >= 0.3 is 0 Å². The zero-order valence-corrected chi connectivity index (χ0v) is 12.9. The molecule has 0 aromatic rings. The second-order valence-electron chi connectivity index (χ2n) is 6.73. The van der Waals surface area contributed by atoms with Gasteiger partial charge in [-0.25, -0.2) is 8.78 Å². The molecule has 0 nitrogen and oxygen atoms in total. The summed E-state index contributed by atoms with van der Waals surface area (Å²) < 4.78 is 28.0. The van der Waals surface area contributed by atoms with Crippen LogP contribution in [0.25, 0.3) is 0 Å². The van der Waals surface area contributed by atoms with E-state index in [9.17, 15) is 8.78 Å². The molecule has 0 radical (unpaired) electrons. The SMILES string of the molecule is C=CC(C)CCC(C)C(C)C1CCC(C)C(F)C1F. The Bertz CT molecular complexity index is 276. The minimum Gasteiger partial charge on any atom is -0.244 e. The molecule has 1 saturated carbocycles. The summed E-state index contributed by atoms with van der Waals surface area (Å²) in [5, 5.41) is 0. The average molecular weight is 272 g/mol. The first kappa shape index (κ1) is 16.7. The molecule has 7 atom stereocenters. The lowest BCUT2D eigenvalue weighted by molar-refractivity contribution is -0.00364. The lowest BCUT2D eigenvalue weighted by Gasteiger charge is -2.38.